The molecule has 1 aromatic rings. The maximum Gasteiger partial charge on any atom is 0.340 e. The van der Waals surface area contributed by atoms with E-state index in [1.807, 2.05) is 4.90 Å². The summed E-state index contributed by atoms with van der Waals surface area (Å²) < 4.78 is 36.5. The number of anilines is 1. The number of morpholine rings is 1. The molecule has 1 amide bonds. The maximum absolute atomic E-state index is 12.7. The zero-order chi connectivity index (χ0) is 20.9. The fraction of sp³-hybridized carbons (Fsp3) is 0.556. The summed E-state index contributed by atoms with van der Waals surface area (Å²) in [5, 5.41) is 2.63. The van der Waals surface area contributed by atoms with Crippen molar-refractivity contribution in [1.82, 2.24) is 9.62 Å². The summed E-state index contributed by atoms with van der Waals surface area (Å²) in [6, 6.07) is 4.26. The molecule has 0 bridgehead atoms. The van der Waals surface area contributed by atoms with Gasteiger partial charge < -0.3 is 19.7 Å². The van der Waals surface area contributed by atoms with Crippen molar-refractivity contribution in [1.29, 1.82) is 0 Å². The van der Waals surface area contributed by atoms with E-state index >= 15 is 0 Å². The first-order chi connectivity index (χ1) is 13.1. The number of sulfonamides is 1. The van der Waals surface area contributed by atoms with Gasteiger partial charge in [0.1, 0.15) is 0 Å². The van der Waals surface area contributed by atoms with Gasteiger partial charge in [-0.25, -0.2) is 17.5 Å². The summed E-state index contributed by atoms with van der Waals surface area (Å²) >= 11 is 0. The highest BCUT2D eigenvalue weighted by atomic mass is 32.2. The van der Waals surface area contributed by atoms with Crippen molar-refractivity contribution in [3.05, 3.63) is 23.8 Å². The lowest BCUT2D eigenvalue weighted by Gasteiger charge is -2.30. The van der Waals surface area contributed by atoms with Gasteiger partial charge in [0.15, 0.2) is 6.61 Å². The molecule has 0 radical (unpaired) electrons. The Morgan fingerprint density at radius 3 is 2.46 bits per heavy atom. The molecule has 0 atom stereocenters. The van der Waals surface area contributed by atoms with Crippen LogP contribution in [-0.4, -0.2) is 77.6 Å². The second-order valence-electron chi connectivity index (χ2n) is 6.86. The Kier molecular flexibility index (Phi) is 7.39. The van der Waals surface area contributed by atoms with E-state index < -0.39 is 28.5 Å². The molecule has 2 rings (SSSR count). The zero-order valence-corrected chi connectivity index (χ0v) is 17.4. The number of hydrogen-bond donors (Lipinski definition) is 1. The third-order valence-corrected chi connectivity index (χ3v) is 5.91. The van der Waals surface area contributed by atoms with Gasteiger partial charge in [-0.2, -0.15) is 0 Å². The largest absolute Gasteiger partial charge is 0.452 e. The van der Waals surface area contributed by atoms with Gasteiger partial charge in [-0.15, -0.1) is 0 Å². The lowest BCUT2D eigenvalue weighted by atomic mass is 10.1. The highest BCUT2D eigenvalue weighted by molar-refractivity contribution is 7.89. The lowest BCUT2D eigenvalue weighted by Crippen LogP contribution is -2.37. The number of carbonyl (C=O) groups excluding carboxylic acids is 2. The van der Waals surface area contributed by atoms with E-state index in [0.717, 1.165) is 4.31 Å². The third kappa shape index (κ3) is 5.43. The van der Waals surface area contributed by atoms with Crippen LogP contribution in [0.25, 0.3) is 0 Å². The van der Waals surface area contributed by atoms with E-state index in [2.05, 4.69) is 5.32 Å². The Labute approximate surface area is 165 Å². The molecule has 1 N–H and O–H groups in total. The lowest BCUT2D eigenvalue weighted by molar-refractivity contribution is -0.124. The van der Waals surface area contributed by atoms with E-state index in [4.69, 9.17) is 9.47 Å². The van der Waals surface area contributed by atoms with Crippen molar-refractivity contribution >= 4 is 27.6 Å². The molecule has 0 aliphatic carbocycles. The molecule has 156 valence electrons. The van der Waals surface area contributed by atoms with Crippen LogP contribution in [0.2, 0.25) is 0 Å². The van der Waals surface area contributed by atoms with Gasteiger partial charge in [0.2, 0.25) is 10.0 Å². The van der Waals surface area contributed by atoms with Crippen molar-refractivity contribution < 1.29 is 27.5 Å². The van der Waals surface area contributed by atoms with Gasteiger partial charge in [0.25, 0.3) is 5.91 Å². The molecular formula is C18H27N3O6S. The summed E-state index contributed by atoms with van der Waals surface area (Å²) in [6.07, 6.45) is 0. The van der Waals surface area contributed by atoms with Gasteiger partial charge in [-0.1, -0.05) is 0 Å². The minimum atomic E-state index is -3.72. The molecule has 1 fully saturated rings. The standard InChI is InChI=1S/C18H27N3O6S/c1-13(2)19-17(22)12-27-18(23)15-11-14(28(24,25)20(3)4)5-6-16(15)21-7-9-26-10-8-21/h5-6,11,13H,7-10,12H2,1-4H3,(H,19,22). The molecule has 9 nitrogen and oxygen atoms in total. The molecule has 0 saturated carbocycles. The molecule has 0 aromatic heterocycles. The number of amides is 1. The Hall–Kier alpha value is -2.17. The fourth-order valence-electron chi connectivity index (χ4n) is 2.70. The number of hydrogen-bond acceptors (Lipinski definition) is 7. The quantitative estimate of drug-likeness (QED) is 0.647. The van der Waals surface area contributed by atoms with Crippen LogP contribution in [0.1, 0.15) is 24.2 Å². The van der Waals surface area contributed by atoms with Gasteiger partial charge in [-0.05, 0) is 32.0 Å². The summed E-state index contributed by atoms with van der Waals surface area (Å²) in [6.45, 7) is 5.29. The monoisotopic (exact) mass is 413 g/mol. The van der Waals surface area contributed by atoms with Crippen molar-refractivity contribution in [2.45, 2.75) is 24.8 Å². The van der Waals surface area contributed by atoms with Crippen LogP contribution in [0.3, 0.4) is 0 Å². The molecule has 10 heteroatoms. The smallest absolute Gasteiger partial charge is 0.340 e. The summed E-state index contributed by atoms with van der Waals surface area (Å²) in [7, 11) is -0.892. The molecule has 1 aromatic carbocycles. The van der Waals surface area contributed by atoms with Gasteiger partial charge in [-0.3, -0.25) is 4.79 Å². The summed E-state index contributed by atoms with van der Waals surface area (Å²) in [5.74, 6) is -1.18. The third-order valence-electron chi connectivity index (χ3n) is 4.10. The van der Waals surface area contributed by atoms with Gasteiger partial charge in [0, 0.05) is 33.2 Å². The highest BCUT2D eigenvalue weighted by Crippen LogP contribution is 2.27. The average Bonchev–Trinajstić information content (AvgIpc) is 2.65. The number of nitrogens with zero attached hydrogens (tertiary/aromatic N) is 2. The first kappa shape index (κ1) is 22.1. The molecule has 28 heavy (non-hydrogen) atoms. The normalized spacial score (nSPS) is 15.0. The molecule has 0 unspecified atom stereocenters. The Bertz CT molecular complexity index is 817. The number of nitrogens with one attached hydrogen (secondary N) is 1. The van der Waals surface area contributed by atoms with Crippen molar-refractivity contribution in [3.63, 3.8) is 0 Å². The second-order valence-corrected chi connectivity index (χ2v) is 9.02. The van der Waals surface area contributed by atoms with Crippen molar-refractivity contribution in [3.8, 4) is 0 Å². The van der Waals surface area contributed by atoms with Crippen LogP contribution in [0.4, 0.5) is 5.69 Å². The minimum absolute atomic E-state index is 0.0203. The summed E-state index contributed by atoms with van der Waals surface area (Å²) in [4.78, 5) is 26.4. The number of benzene rings is 1. The van der Waals surface area contributed by atoms with Crippen molar-refractivity contribution in [2.24, 2.45) is 0 Å². The van der Waals surface area contributed by atoms with Crippen LogP contribution >= 0.6 is 0 Å². The maximum atomic E-state index is 12.7. The molecule has 1 heterocycles. The van der Waals surface area contributed by atoms with Crippen LogP contribution < -0.4 is 10.2 Å². The number of ether oxygens (including phenoxy) is 2. The molecule has 1 aliphatic heterocycles. The van der Waals surface area contributed by atoms with Gasteiger partial charge >= 0.3 is 5.97 Å². The van der Waals surface area contributed by atoms with E-state index in [1.165, 1.54) is 26.2 Å². The average molecular weight is 413 g/mol. The second kappa shape index (κ2) is 9.35. The summed E-state index contributed by atoms with van der Waals surface area (Å²) in [5.41, 5.74) is 0.650. The molecular weight excluding hydrogens is 386 g/mol. The molecule has 1 saturated heterocycles. The van der Waals surface area contributed by atoms with Crippen molar-refractivity contribution in [2.75, 3.05) is 51.9 Å². The number of carbonyl (C=O) groups is 2. The van der Waals surface area contributed by atoms with E-state index in [0.29, 0.717) is 32.0 Å². The first-order valence-electron chi connectivity index (χ1n) is 8.98. The first-order valence-corrected chi connectivity index (χ1v) is 10.4. The van der Waals surface area contributed by atoms with Crippen LogP contribution in [0.5, 0.6) is 0 Å². The zero-order valence-electron chi connectivity index (χ0n) is 16.6. The van der Waals surface area contributed by atoms with Crippen LogP contribution in [0.15, 0.2) is 23.1 Å². The van der Waals surface area contributed by atoms with E-state index in [1.54, 1.807) is 19.9 Å². The SMILES string of the molecule is CC(C)NC(=O)COC(=O)c1cc(S(=O)(=O)N(C)C)ccc1N1CCOCC1. The molecule has 1 aliphatic rings. The Morgan fingerprint density at radius 2 is 1.89 bits per heavy atom. The van der Waals surface area contributed by atoms with Crippen LogP contribution in [0, 0.1) is 0 Å². The predicted octanol–water partition coefficient (Wildman–Crippen LogP) is 0.455. The Morgan fingerprint density at radius 1 is 1.25 bits per heavy atom. The fourth-order valence-corrected chi connectivity index (χ4v) is 3.63. The highest BCUT2D eigenvalue weighted by Gasteiger charge is 2.25. The minimum Gasteiger partial charge on any atom is -0.452 e. The number of rotatable bonds is 7. The van der Waals surface area contributed by atoms with E-state index in [-0.39, 0.29) is 16.5 Å². The van der Waals surface area contributed by atoms with Crippen LogP contribution in [-0.2, 0) is 24.3 Å². The Balaban J connectivity index is 2.33. The van der Waals surface area contributed by atoms with Gasteiger partial charge in [0.05, 0.1) is 29.4 Å². The molecule has 0 spiro atoms. The van der Waals surface area contributed by atoms with E-state index in [9.17, 15) is 18.0 Å². The topological polar surface area (TPSA) is 105 Å². The predicted molar refractivity (Wildman–Crippen MR) is 104 cm³/mol. The number of esters is 1.